The van der Waals surface area contributed by atoms with E-state index in [1.807, 2.05) is 0 Å². The van der Waals surface area contributed by atoms with Crippen LogP contribution in [0.5, 0.6) is 0 Å². The van der Waals surface area contributed by atoms with Gasteiger partial charge in [-0.05, 0) is 60.0 Å². The number of hydrogen-bond donors (Lipinski definition) is 0. The molecule has 1 aliphatic rings. The lowest BCUT2D eigenvalue weighted by atomic mass is 9.94. The molecule has 3 rings (SSSR count). The molecule has 1 aliphatic heterocycles. The smallest absolute Gasteiger partial charge is 0.372 e. The van der Waals surface area contributed by atoms with Crippen LogP contribution in [0, 0.1) is 5.82 Å². The Morgan fingerprint density at radius 2 is 2.00 bits per heavy atom. The average molecular weight is 482 g/mol. The second-order valence-corrected chi connectivity index (χ2v) is 10.2. The SMILES string of the molecule is CC1(S(=O)(=O)c2cccc(C(F)(F)F)c2)CCOC(c2ncc(Br)cc2F)C1. The van der Waals surface area contributed by atoms with E-state index in [9.17, 15) is 26.0 Å². The molecule has 2 aromatic rings. The number of ether oxygens (including phenoxy) is 1. The summed E-state index contributed by atoms with van der Waals surface area (Å²) < 4.78 is 84.0. The summed E-state index contributed by atoms with van der Waals surface area (Å²) in [6.45, 7) is 1.45. The molecule has 1 fully saturated rings. The van der Waals surface area contributed by atoms with Gasteiger partial charge in [0.1, 0.15) is 17.6 Å². The molecule has 28 heavy (non-hydrogen) atoms. The Hall–Kier alpha value is -1.52. The zero-order chi connectivity index (χ0) is 20.7. The maximum absolute atomic E-state index is 14.2. The first-order valence-electron chi connectivity index (χ1n) is 8.28. The molecular formula is C18H16BrF4NO3S. The van der Waals surface area contributed by atoms with Gasteiger partial charge in [-0.1, -0.05) is 6.07 Å². The molecule has 0 aliphatic carbocycles. The monoisotopic (exact) mass is 481 g/mol. The van der Waals surface area contributed by atoms with Gasteiger partial charge in [-0.15, -0.1) is 0 Å². The number of alkyl halides is 3. The molecule has 2 unspecified atom stereocenters. The molecule has 0 saturated carbocycles. The zero-order valence-electron chi connectivity index (χ0n) is 14.6. The molecule has 1 aromatic heterocycles. The highest BCUT2D eigenvalue weighted by Crippen LogP contribution is 2.43. The number of sulfone groups is 1. The second kappa shape index (κ2) is 7.38. The molecule has 1 saturated heterocycles. The van der Waals surface area contributed by atoms with Crippen molar-refractivity contribution in [3.05, 3.63) is 58.1 Å². The van der Waals surface area contributed by atoms with Gasteiger partial charge in [-0.25, -0.2) is 12.8 Å². The van der Waals surface area contributed by atoms with Gasteiger partial charge in [0.05, 0.1) is 15.2 Å². The van der Waals surface area contributed by atoms with Crippen molar-refractivity contribution in [2.75, 3.05) is 6.61 Å². The maximum Gasteiger partial charge on any atom is 0.416 e. The third kappa shape index (κ3) is 3.95. The number of hydrogen-bond acceptors (Lipinski definition) is 4. The summed E-state index contributed by atoms with van der Waals surface area (Å²) in [5.74, 6) is -0.653. The van der Waals surface area contributed by atoms with Gasteiger partial charge in [0.15, 0.2) is 9.84 Å². The topological polar surface area (TPSA) is 56.3 Å². The van der Waals surface area contributed by atoms with Crippen LogP contribution in [0.2, 0.25) is 0 Å². The molecule has 0 bridgehead atoms. The summed E-state index contributed by atoms with van der Waals surface area (Å²) in [4.78, 5) is 3.56. The van der Waals surface area contributed by atoms with Gasteiger partial charge in [-0.3, -0.25) is 4.98 Å². The molecule has 2 heterocycles. The number of benzene rings is 1. The Bertz CT molecular complexity index is 997. The number of nitrogens with zero attached hydrogens (tertiary/aromatic N) is 1. The van der Waals surface area contributed by atoms with Crippen molar-refractivity contribution in [2.24, 2.45) is 0 Å². The summed E-state index contributed by atoms with van der Waals surface area (Å²) >= 11 is 3.10. The van der Waals surface area contributed by atoms with Crippen LogP contribution in [0.3, 0.4) is 0 Å². The largest absolute Gasteiger partial charge is 0.416 e. The highest BCUT2D eigenvalue weighted by atomic mass is 79.9. The van der Waals surface area contributed by atoms with Crippen molar-refractivity contribution in [1.82, 2.24) is 4.98 Å². The van der Waals surface area contributed by atoms with Crippen LogP contribution in [0.25, 0.3) is 0 Å². The quantitative estimate of drug-likeness (QED) is 0.573. The molecule has 0 radical (unpaired) electrons. The Morgan fingerprint density at radius 1 is 1.29 bits per heavy atom. The Morgan fingerprint density at radius 3 is 2.64 bits per heavy atom. The second-order valence-electron chi connectivity index (χ2n) is 6.81. The molecule has 4 nitrogen and oxygen atoms in total. The summed E-state index contributed by atoms with van der Waals surface area (Å²) in [5.41, 5.74) is -1.07. The highest BCUT2D eigenvalue weighted by Gasteiger charge is 2.46. The minimum Gasteiger partial charge on any atom is -0.372 e. The number of rotatable bonds is 3. The molecule has 0 spiro atoms. The average Bonchev–Trinajstić information content (AvgIpc) is 2.61. The Kier molecular flexibility index (Phi) is 5.59. The van der Waals surface area contributed by atoms with Crippen molar-refractivity contribution in [2.45, 2.75) is 41.7 Å². The van der Waals surface area contributed by atoms with Crippen molar-refractivity contribution in [3.8, 4) is 0 Å². The molecule has 10 heteroatoms. The first kappa shape index (κ1) is 21.2. The number of pyridine rings is 1. The van der Waals surface area contributed by atoms with Crippen LogP contribution < -0.4 is 0 Å². The molecule has 2 atom stereocenters. The van der Waals surface area contributed by atoms with Gasteiger partial charge in [0.25, 0.3) is 0 Å². The van der Waals surface area contributed by atoms with Crippen LogP contribution in [-0.2, 0) is 20.8 Å². The summed E-state index contributed by atoms with van der Waals surface area (Å²) in [7, 11) is -4.15. The van der Waals surface area contributed by atoms with Crippen molar-refractivity contribution in [3.63, 3.8) is 0 Å². The van der Waals surface area contributed by atoms with Gasteiger partial charge >= 0.3 is 6.18 Å². The minimum atomic E-state index is -4.66. The molecular weight excluding hydrogens is 466 g/mol. The third-order valence-electron chi connectivity index (χ3n) is 4.83. The van der Waals surface area contributed by atoms with E-state index in [4.69, 9.17) is 4.74 Å². The van der Waals surface area contributed by atoms with Gasteiger partial charge in [0.2, 0.25) is 0 Å². The summed E-state index contributed by atoms with van der Waals surface area (Å²) in [5, 5.41) is 0. The first-order chi connectivity index (χ1) is 12.9. The van der Waals surface area contributed by atoms with E-state index in [0.29, 0.717) is 10.5 Å². The van der Waals surface area contributed by atoms with E-state index in [0.717, 1.165) is 18.2 Å². The van der Waals surface area contributed by atoms with E-state index in [-0.39, 0.29) is 25.1 Å². The molecule has 1 aromatic carbocycles. The van der Waals surface area contributed by atoms with Crippen LogP contribution >= 0.6 is 15.9 Å². The summed E-state index contributed by atoms with van der Waals surface area (Å²) in [6.07, 6.45) is -4.27. The van der Waals surface area contributed by atoms with E-state index in [2.05, 4.69) is 20.9 Å². The minimum absolute atomic E-state index is 0.0105. The Balaban J connectivity index is 1.97. The van der Waals surface area contributed by atoms with Crippen LogP contribution in [0.4, 0.5) is 17.6 Å². The van der Waals surface area contributed by atoms with E-state index < -0.39 is 43.1 Å². The van der Waals surface area contributed by atoms with E-state index >= 15 is 0 Å². The van der Waals surface area contributed by atoms with Crippen molar-refractivity contribution < 1.29 is 30.7 Å². The normalized spacial score (nSPS) is 23.6. The highest BCUT2D eigenvalue weighted by molar-refractivity contribution is 9.10. The third-order valence-corrected chi connectivity index (χ3v) is 7.81. The number of aromatic nitrogens is 1. The predicted octanol–water partition coefficient (Wildman–Crippen LogP) is 5.09. The Labute approximate surface area is 168 Å². The fourth-order valence-corrected chi connectivity index (χ4v) is 5.31. The standard InChI is InChI=1S/C18H16BrF4NO3S/c1-17(28(25,26)13-4-2-3-11(7-13)18(21,22)23)5-6-27-15(9-17)16-14(20)8-12(19)10-24-16/h2-4,7-8,10,15H,5-6,9H2,1H3. The van der Waals surface area contributed by atoms with Crippen LogP contribution in [-0.4, -0.2) is 24.8 Å². The van der Waals surface area contributed by atoms with Gasteiger partial charge in [-0.2, -0.15) is 13.2 Å². The van der Waals surface area contributed by atoms with Crippen molar-refractivity contribution in [1.29, 1.82) is 0 Å². The van der Waals surface area contributed by atoms with E-state index in [1.165, 1.54) is 19.2 Å². The number of halogens is 5. The molecule has 0 amide bonds. The maximum atomic E-state index is 14.2. The first-order valence-corrected chi connectivity index (χ1v) is 10.6. The van der Waals surface area contributed by atoms with Crippen LogP contribution in [0.1, 0.15) is 37.1 Å². The predicted molar refractivity (Wildman–Crippen MR) is 96.9 cm³/mol. The van der Waals surface area contributed by atoms with Gasteiger partial charge in [0, 0.05) is 17.3 Å². The lowest BCUT2D eigenvalue weighted by molar-refractivity contribution is -0.137. The van der Waals surface area contributed by atoms with E-state index in [1.54, 1.807) is 0 Å². The fraction of sp³-hybridized carbons (Fsp3) is 0.389. The lowest BCUT2D eigenvalue weighted by Gasteiger charge is -2.37. The lowest BCUT2D eigenvalue weighted by Crippen LogP contribution is -2.42. The molecule has 0 N–H and O–H groups in total. The van der Waals surface area contributed by atoms with Gasteiger partial charge < -0.3 is 4.74 Å². The summed E-state index contributed by atoms with van der Waals surface area (Å²) in [6, 6.07) is 4.84. The van der Waals surface area contributed by atoms with Crippen molar-refractivity contribution >= 4 is 25.8 Å². The fourth-order valence-electron chi connectivity index (χ4n) is 3.18. The zero-order valence-corrected chi connectivity index (χ0v) is 17.0. The van der Waals surface area contributed by atoms with Crippen LogP contribution in [0.15, 0.2) is 45.9 Å². The molecule has 152 valence electrons.